The molecule has 0 saturated carbocycles. The number of hydrogen-bond donors (Lipinski definition) is 2. The van der Waals surface area contributed by atoms with Crippen molar-refractivity contribution >= 4 is 23.2 Å². The number of guanidine groups is 1. The van der Waals surface area contributed by atoms with Crippen molar-refractivity contribution in [1.29, 1.82) is 0 Å². The van der Waals surface area contributed by atoms with Crippen LogP contribution in [0.4, 0.5) is 0 Å². The van der Waals surface area contributed by atoms with E-state index < -0.39 is 0 Å². The minimum atomic E-state index is 0.0159. The molecule has 0 bridgehead atoms. The molecule has 2 heterocycles. The lowest BCUT2D eigenvalue weighted by Gasteiger charge is -2.16. The summed E-state index contributed by atoms with van der Waals surface area (Å²) in [6, 6.07) is 2.05. The molecule has 6 nitrogen and oxygen atoms in total. The van der Waals surface area contributed by atoms with Crippen LogP contribution >= 0.6 is 11.3 Å². The molecule has 7 heteroatoms. The first-order valence-corrected chi connectivity index (χ1v) is 8.44. The molecule has 0 aromatic carbocycles. The number of hydrogen-bond acceptors (Lipinski definition) is 4. The smallest absolute Gasteiger partial charge is 0.241 e. The highest BCUT2D eigenvalue weighted by atomic mass is 32.1. The third-order valence-corrected chi connectivity index (χ3v) is 4.16. The Morgan fingerprint density at radius 2 is 2.36 bits per heavy atom. The van der Waals surface area contributed by atoms with Gasteiger partial charge in [-0.15, -0.1) is 0 Å². The number of nitrogens with one attached hydrogen (secondary N) is 2. The molecule has 22 heavy (non-hydrogen) atoms. The summed E-state index contributed by atoms with van der Waals surface area (Å²) in [6.45, 7) is 2.38. The first-order valence-electron chi connectivity index (χ1n) is 7.50. The molecule has 1 atom stereocenters. The van der Waals surface area contributed by atoms with Crippen molar-refractivity contribution in [3.63, 3.8) is 0 Å². The summed E-state index contributed by atoms with van der Waals surface area (Å²) in [5.74, 6) is 0.666. The number of aliphatic imine (C=N–C) groups is 1. The van der Waals surface area contributed by atoms with Crippen LogP contribution in [0.25, 0.3) is 0 Å². The Bertz CT molecular complexity index is 482. The van der Waals surface area contributed by atoms with Crippen LogP contribution in [0.3, 0.4) is 0 Å². The van der Waals surface area contributed by atoms with Crippen molar-refractivity contribution in [2.24, 2.45) is 4.99 Å². The standard InChI is InChI=1S/C15H24N4O2S/c1-19(2)14(20)10-18-15(16-8-12-5-7-22-11-12)17-9-13-4-3-6-21-13/h5,7,11,13H,3-4,6,8-10H2,1-2H3,(H2,16,17,18). The summed E-state index contributed by atoms with van der Waals surface area (Å²) in [5, 5.41) is 10.5. The van der Waals surface area contributed by atoms with Gasteiger partial charge in [0.2, 0.25) is 5.91 Å². The highest BCUT2D eigenvalue weighted by Gasteiger charge is 2.16. The first kappa shape index (κ1) is 16.8. The maximum Gasteiger partial charge on any atom is 0.241 e. The normalized spacial score (nSPS) is 18.3. The van der Waals surface area contributed by atoms with Gasteiger partial charge in [-0.1, -0.05) is 0 Å². The van der Waals surface area contributed by atoms with Crippen LogP contribution in [0, 0.1) is 0 Å². The van der Waals surface area contributed by atoms with Crippen LogP contribution in [0.15, 0.2) is 21.8 Å². The molecule has 1 aliphatic rings. The van der Waals surface area contributed by atoms with Gasteiger partial charge in [-0.25, -0.2) is 4.99 Å². The summed E-state index contributed by atoms with van der Waals surface area (Å²) >= 11 is 1.66. The van der Waals surface area contributed by atoms with E-state index in [4.69, 9.17) is 4.74 Å². The predicted molar refractivity (Wildman–Crippen MR) is 89.1 cm³/mol. The molecule has 1 amide bonds. The average molecular weight is 324 g/mol. The topological polar surface area (TPSA) is 66.0 Å². The van der Waals surface area contributed by atoms with Gasteiger partial charge in [0.25, 0.3) is 0 Å². The van der Waals surface area contributed by atoms with Crippen LogP contribution in [0.1, 0.15) is 18.4 Å². The SMILES string of the molecule is CN(C)C(=O)CNC(=NCc1ccsc1)NCC1CCCO1. The van der Waals surface area contributed by atoms with Gasteiger partial charge < -0.3 is 20.3 Å². The number of rotatable bonds is 6. The number of nitrogens with zero attached hydrogens (tertiary/aromatic N) is 2. The lowest BCUT2D eigenvalue weighted by Crippen LogP contribution is -2.45. The van der Waals surface area contributed by atoms with E-state index >= 15 is 0 Å². The molecule has 122 valence electrons. The van der Waals surface area contributed by atoms with Gasteiger partial charge in [-0.3, -0.25) is 4.79 Å². The molecule has 1 saturated heterocycles. The molecule has 0 aliphatic carbocycles. The largest absolute Gasteiger partial charge is 0.376 e. The number of carbonyl (C=O) groups excluding carboxylic acids is 1. The van der Waals surface area contributed by atoms with Gasteiger partial charge in [0, 0.05) is 27.2 Å². The second-order valence-corrected chi connectivity index (χ2v) is 6.23. The number of likely N-dealkylation sites (N-methyl/N-ethyl adjacent to an activating group) is 1. The van der Waals surface area contributed by atoms with Crippen LogP contribution < -0.4 is 10.6 Å². The second kappa shape index (κ2) is 8.75. The predicted octanol–water partition coefficient (Wildman–Crippen LogP) is 1.05. The van der Waals surface area contributed by atoms with Crippen molar-refractivity contribution < 1.29 is 9.53 Å². The first-order chi connectivity index (χ1) is 10.6. The fourth-order valence-electron chi connectivity index (χ4n) is 2.06. The summed E-state index contributed by atoms with van der Waals surface area (Å²) in [4.78, 5) is 17.8. The zero-order valence-electron chi connectivity index (χ0n) is 13.2. The Morgan fingerprint density at radius 3 is 3.00 bits per heavy atom. The van der Waals surface area contributed by atoms with Gasteiger partial charge in [0.05, 0.1) is 19.2 Å². The fraction of sp³-hybridized carbons (Fsp3) is 0.600. The zero-order chi connectivity index (χ0) is 15.8. The van der Waals surface area contributed by atoms with Crippen molar-refractivity contribution in [2.45, 2.75) is 25.5 Å². The Morgan fingerprint density at radius 1 is 1.50 bits per heavy atom. The third-order valence-electron chi connectivity index (χ3n) is 3.43. The van der Waals surface area contributed by atoms with Crippen molar-refractivity contribution in [2.75, 3.05) is 33.8 Å². The van der Waals surface area contributed by atoms with Gasteiger partial charge in [-0.05, 0) is 35.2 Å². The number of carbonyl (C=O) groups is 1. The molecule has 0 spiro atoms. The Labute approximate surface area is 135 Å². The molecule has 1 aromatic heterocycles. The average Bonchev–Trinajstić information content (AvgIpc) is 3.19. The van der Waals surface area contributed by atoms with E-state index in [0.29, 0.717) is 19.0 Å². The third kappa shape index (κ3) is 5.65. The minimum Gasteiger partial charge on any atom is -0.376 e. The molecule has 2 rings (SSSR count). The van der Waals surface area contributed by atoms with Crippen LogP contribution in [0.5, 0.6) is 0 Å². The van der Waals surface area contributed by atoms with Crippen LogP contribution in [-0.4, -0.2) is 56.7 Å². The van der Waals surface area contributed by atoms with E-state index in [1.807, 2.05) is 5.38 Å². The zero-order valence-corrected chi connectivity index (χ0v) is 14.0. The van der Waals surface area contributed by atoms with Gasteiger partial charge in [0.15, 0.2) is 5.96 Å². The lowest BCUT2D eigenvalue weighted by molar-refractivity contribution is -0.127. The highest BCUT2D eigenvalue weighted by molar-refractivity contribution is 7.07. The Balaban J connectivity index is 1.86. The molecule has 1 aliphatic heterocycles. The number of amides is 1. The highest BCUT2D eigenvalue weighted by Crippen LogP contribution is 2.10. The van der Waals surface area contributed by atoms with Gasteiger partial charge in [0.1, 0.15) is 0 Å². The maximum absolute atomic E-state index is 11.7. The summed E-state index contributed by atoms with van der Waals surface area (Å²) in [7, 11) is 3.48. The number of thiophene rings is 1. The molecular formula is C15H24N4O2S. The van der Waals surface area contributed by atoms with Gasteiger partial charge in [-0.2, -0.15) is 11.3 Å². The van der Waals surface area contributed by atoms with Crippen LogP contribution in [-0.2, 0) is 16.1 Å². The molecule has 0 radical (unpaired) electrons. The van der Waals surface area contributed by atoms with Crippen LogP contribution in [0.2, 0.25) is 0 Å². The number of ether oxygens (including phenoxy) is 1. The molecule has 1 aromatic rings. The van der Waals surface area contributed by atoms with Gasteiger partial charge >= 0.3 is 0 Å². The van der Waals surface area contributed by atoms with Crippen molar-refractivity contribution in [3.05, 3.63) is 22.4 Å². The molecule has 2 N–H and O–H groups in total. The summed E-state index contributed by atoms with van der Waals surface area (Å²) in [5.41, 5.74) is 1.17. The van der Waals surface area contributed by atoms with E-state index in [1.54, 1.807) is 30.3 Å². The Hall–Kier alpha value is -1.60. The molecular weight excluding hydrogens is 300 g/mol. The van der Waals surface area contributed by atoms with E-state index in [-0.39, 0.29) is 18.6 Å². The van der Waals surface area contributed by atoms with E-state index in [2.05, 4.69) is 27.1 Å². The molecule has 1 fully saturated rings. The second-order valence-electron chi connectivity index (χ2n) is 5.45. The van der Waals surface area contributed by atoms with E-state index in [1.165, 1.54) is 5.56 Å². The maximum atomic E-state index is 11.7. The Kier molecular flexibility index (Phi) is 6.67. The summed E-state index contributed by atoms with van der Waals surface area (Å²) < 4.78 is 5.60. The fourth-order valence-corrected chi connectivity index (χ4v) is 2.72. The van der Waals surface area contributed by atoms with E-state index in [0.717, 1.165) is 19.4 Å². The van der Waals surface area contributed by atoms with Crippen molar-refractivity contribution in [1.82, 2.24) is 15.5 Å². The van der Waals surface area contributed by atoms with Crippen molar-refractivity contribution in [3.8, 4) is 0 Å². The summed E-state index contributed by atoms with van der Waals surface area (Å²) in [6.07, 6.45) is 2.42. The van der Waals surface area contributed by atoms with E-state index in [9.17, 15) is 4.79 Å². The lowest BCUT2D eigenvalue weighted by atomic mass is 10.2. The monoisotopic (exact) mass is 324 g/mol. The minimum absolute atomic E-state index is 0.0159. The quantitative estimate of drug-likeness (QED) is 0.606. The molecule has 1 unspecified atom stereocenters.